The number of rotatable bonds is 7. The zero-order valence-electron chi connectivity index (χ0n) is 13.1. The first-order valence-corrected chi connectivity index (χ1v) is 6.79. The van der Waals surface area contributed by atoms with Crippen LogP contribution in [0.4, 0.5) is 18.0 Å². The van der Waals surface area contributed by atoms with Gasteiger partial charge < -0.3 is 10.1 Å². The number of nitrogens with one attached hydrogen (secondary N) is 2. The highest BCUT2D eigenvalue weighted by molar-refractivity contribution is 5.67. The fourth-order valence-electron chi connectivity index (χ4n) is 1.37. The predicted octanol–water partition coefficient (Wildman–Crippen LogP) is 2.87. The molecule has 0 aliphatic heterocycles. The van der Waals surface area contributed by atoms with Crippen molar-refractivity contribution in [2.45, 2.75) is 46.4 Å². The second-order valence-electron chi connectivity index (χ2n) is 6.14. The number of hydrogen-bond donors (Lipinski definition) is 2. The molecule has 0 rings (SSSR count). The van der Waals surface area contributed by atoms with Crippen LogP contribution in [-0.4, -0.2) is 37.6 Å². The molecule has 1 amide bonds. The van der Waals surface area contributed by atoms with Crippen LogP contribution in [0, 0.1) is 11.8 Å². The molecule has 8 heteroatoms. The van der Waals surface area contributed by atoms with Gasteiger partial charge in [-0.1, -0.05) is 13.8 Å². The van der Waals surface area contributed by atoms with E-state index >= 15 is 0 Å². The third-order valence-corrected chi connectivity index (χ3v) is 2.53. The molecule has 0 spiro atoms. The standard InChI is InChI=1S/C13H25F3N2O3/c1-9(2)10(7-18-20-8-13(14,15)16)6-17-11(19)21-12(3,4)5/h9-10,18H,6-8H2,1-5H3,(H,17,19). The van der Waals surface area contributed by atoms with Gasteiger partial charge in [0.25, 0.3) is 0 Å². The van der Waals surface area contributed by atoms with Crippen molar-refractivity contribution in [3.63, 3.8) is 0 Å². The van der Waals surface area contributed by atoms with Crippen LogP contribution in [0.1, 0.15) is 34.6 Å². The zero-order valence-corrected chi connectivity index (χ0v) is 13.1. The summed E-state index contributed by atoms with van der Waals surface area (Å²) in [5, 5.41) is 2.60. The number of alkyl halides is 3. The van der Waals surface area contributed by atoms with Gasteiger partial charge >= 0.3 is 12.3 Å². The van der Waals surface area contributed by atoms with Gasteiger partial charge in [-0.25, -0.2) is 10.3 Å². The molecule has 1 unspecified atom stereocenters. The number of hydroxylamine groups is 1. The summed E-state index contributed by atoms with van der Waals surface area (Å²) in [4.78, 5) is 15.9. The van der Waals surface area contributed by atoms with Crippen LogP contribution in [-0.2, 0) is 9.57 Å². The molecule has 0 fully saturated rings. The number of alkyl carbamates (subject to hydrolysis) is 1. The maximum Gasteiger partial charge on any atom is 0.413 e. The fourth-order valence-corrected chi connectivity index (χ4v) is 1.37. The van der Waals surface area contributed by atoms with Gasteiger partial charge in [0.05, 0.1) is 0 Å². The third kappa shape index (κ3) is 12.4. The lowest BCUT2D eigenvalue weighted by Gasteiger charge is -2.24. The Morgan fingerprint density at radius 2 is 1.71 bits per heavy atom. The summed E-state index contributed by atoms with van der Waals surface area (Å²) in [5.41, 5.74) is 1.69. The maximum absolute atomic E-state index is 11.9. The average Bonchev–Trinajstić information content (AvgIpc) is 2.23. The van der Waals surface area contributed by atoms with E-state index < -0.39 is 24.5 Å². The van der Waals surface area contributed by atoms with Gasteiger partial charge in [0.2, 0.25) is 0 Å². The summed E-state index contributed by atoms with van der Waals surface area (Å²) < 4.78 is 40.8. The summed E-state index contributed by atoms with van der Waals surface area (Å²) >= 11 is 0. The van der Waals surface area contributed by atoms with Gasteiger partial charge in [-0.3, -0.25) is 4.84 Å². The number of ether oxygens (including phenoxy) is 1. The summed E-state index contributed by atoms with van der Waals surface area (Å²) in [6.07, 6.45) is -4.92. The average molecular weight is 314 g/mol. The van der Waals surface area contributed by atoms with Gasteiger partial charge in [0.15, 0.2) is 6.61 Å². The molecule has 0 saturated heterocycles. The summed E-state index contributed by atoms with van der Waals surface area (Å²) in [6, 6.07) is 0. The van der Waals surface area contributed by atoms with Crippen molar-refractivity contribution in [2.75, 3.05) is 19.7 Å². The van der Waals surface area contributed by atoms with Gasteiger partial charge in [0, 0.05) is 13.1 Å². The lowest BCUT2D eigenvalue weighted by atomic mass is 9.96. The minimum atomic E-state index is -4.37. The number of carbonyl (C=O) groups is 1. The molecule has 0 radical (unpaired) electrons. The van der Waals surface area contributed by atoms with Crippen molar-refractivity contribution < 1.29 is 27.5 Å². The first-order chi connectivity index (χ1) is 9.41. The monoisotopic (exact) mass is 314 g/mol. The SMILES string of the molecule is CC(C)C(CNOCC(F)(F)F)CNC(=O)OC(C)(C)C. The second kappa shape index (κ2) is 8.43. The van der Waals surface area contributed by atoms with Crippen LogP contribution in [0.3, 0.4) is 0 Å². The van der Waals surface area contributed by atoms with E-state index in [9.17, 15) is 18.0 Å². The van der Waals surface area contributed by atoms with Gasteiger partial charge in [-0.05, 0) is 32.6 Å². The van der Waals surface area contributed by atoms with E-state index in [0.29, 0.717) is 0 Å². The van der Waals surface area contributed by atoms with Crippen LogP contribution < -0.4 is 10.8 Å². The molecule has 0 aliphatic rings. The lowest BCUT2D eigenvalue weighted by Crippen LogP contribution is -2.40. The molecule has 0 aromatic heterocycles. The summed E-state index contributed by atoms with van der Waals surface area (Å²) in [6.45, 7) is 8.20. The molecule has 21 heavy (non-hydrogen) atoms. The molecule has 0 heterocycles. The molecule has 0 aliphatic carbocycles. The number of hydrogen-bond acceptors (Lipinski definition) is 4. The number of amides is 1. The Bertz CT molecular complexity index is 315. The first kappa shape index (κ1) is 20.0. The number of carbonyl (C=O) groups excluding carboxylic acids is 1. The van der Waals surface area contributed by atoms with Gasteiger partial charge in [-0.15, -0.1) is 0 Å². The molecular weight excluding hydrogens is 289 g/mol. The second-order valence-corrected chi connectivity index (χ2v) is 6.14. The Morgan fingerprint density at radius 3 is 2.14 bits per heavy atom. The molecule has 2 N–H and O–H groups in total. The Hall–Kier alpha value is -1.02. The lowest BCUT2D eigenvalue weighted by molar-refractivity contribution is -0.190. The Kier molecular flexibility index (Phi) is 8.02. The van der Waals surface area contributed by atoms with Crippen molar-refractivity contribution in [1.82, 2.24) is 10.8 Å². The highest BCUT2D eigenvalue weighted by Crippen LogP contribution is 2.14. The van der Waals surface area contributed by atoms with E-state index in [0.717, 1.165) is 0 Å². The first-order valence-electron chi connectivity index (χ1n) is 6.79. The quantitative estimate of drug-likeness (QED) is 0.560. The van der Waals surface area contributed by atoms with E-state index in [4.69, 9.17) is 4.74 Å². The number of halogens is 3. The maximum atomic E-state index is 11.9. The molecule has 0 aromatic carbocycles. The molecule has 1 atom stereocenters. The summed E-state index contributed by atoms with van der Waals surface area (Å²) in [5.74, 6) is 0.0766. The minimum Gasteiger partial charge on any atom is -0.444 e. The zero-order chi connectivity index (χ0) is 16.7. The van der Waals surface area contributed by atoms with Crippen LogP contribution in [0.5, 0.6) is 0 Å². The topological polar surface area (TPSA) is 59.6 Å². The van der Waals surface area contributed by atoms with Crippen LogP contribution >= 0.6 is 0 Å². The molecule has 5 nitrogen and oxygen atoms in total. The van der Waals surface area contributed by atoms with Crippen LogP contribution in [0.15, 0.2) is 0 Å². The van der Waals surface area contributed by atoms with Crippen molar-refractivity contribution in [2.24, 2.45) is 11.8 Å². The van der Waals surface area contributed by atoms with Crippen LogP contribution in [0.25, 0.3) is 0 Å². The van der Waals surface area contributed by atoms with Crippen molar-refractivity contribution >= 4 is 6.09 Å². The van der Waals surface area contributed by atoms with Crippen molar-refractivity contribution in [3.8, 4) is 0 Å². The Morgan fingerprint density at radius 1 is 1.14 bits per heavy atom. The van der Waals surface area contributed by atoms with E-state index in [1.165, 1.54) is 0 Å². The van der Waals surface area contributed by atoms with Crippen molar-refractivity contribution in [3.05, 3.63) is 0 Å². The van der Waals surface area contributed by atoms with Gasteiger partial charge in [-0.2, -0.15) is 13.2 Å². The normalized spacial score (nSPS) is 14.1. The van der Waals surface area contributed by atoms with E-state index in [2.05, 4.69) is 15.6 Å². The van der Waals surface area contributed by atoms with E-state index in [1.807, 2.05) is 13.8 Å². The largest absolute Gasteiger partial charge is 0.444 e. The van der Waals surface area contributed by atoms with Crippen molar-refractivity contribution in [1.29, 1.82) is 0 Å². The van der Waals surface area contributed by atoms with E-state index in [1.54, 1.807) is 20.8 Å². The predicted molar refractivity (Wildman–Crippen MR) is 72.6 cm³/mol. The molecule has 0 bridgehead atoms. The highest BCUT2D eigenvalue weighted by Gasteiger charge is 2.28. The fraction of sp³-hybridized carbons (Fsp3) is 0.923. The minimum absolute atomic E-state index is 0.0780. The highest BCUT2D eigenvalue weighted by atomic mass is 19.4. The molecular formula is C13H25F3N2O3. The third-order valence-electron chi connectivity index (χ3n) is 2.53. The van der Waals surface area contributed by atoms with Gasteiger partial charge in [0.1, 0.15) is 5.60 Å². The summed E-state index contributed by atoms with van der Waals surface area (Å²) in [7, 11) is 0. The van der Waals surface area contributed by atoms with Crippen LogP contribution in [0.2, 0.25) is 0 Å². The molecule has 126 valence electrons. The molecule has 0 saturated carbocycles. The Balaban J connectivity index is 4.06. The molecule has 0 aromatic rings. The smallest absolute Gasteiger partial charge is 0.413 e. The Labute approximate surface area is 123 Å². The van der Waals surface area contributed by atoms with E-state index in [-0.39, 0.29) is 24.9 Å².